The Kier molecular flexibility index (Phi) is 11.2. The summed E-state index contributed by atoms with van der Waals surface area (Å²) in [4.78, 5) is 45.6. The van der Waals surface area contributed by atoms with Gasteiger partial charge >= 0.3 is 12.1 Å². The molecule has 0 unspecified atom stereocenters. The number of nitrogens with two attached hydrogens (primary N) is 1. The largest absolute Gasteiger partial charge is 0.461 e. The van der Waals surface area contributed by atoms with Gasteiger partial charge in [0, 0.05) is 6.92 Å². The predicted molar refractivity (Wildman–Crippen MR) is 97.4 cm³/mol. The van der Waals surface area contributed by atoms with E-state index in [4.69, 9.17) is 15.2 Å². The van der Waals surface area contributed by atoms with Crippen LogP contribution in [0.4, 0.5) is 4.79 Å². The van der Waals surface area contributed by atoms with Crippen LogP contribution in [0, 0.1) is 0 Å². The van der Waals surface area contributed by atoms with Crippen molar-refractivity contribution in [3.8, 4) is 0 Å². The van der Waals surface area contributed by atoms with Crippen molar-refractivity contribution in [3.05, 3.63) is 35.9 Å². The molecule has 2 atom stereocenters. The van der Waals surface area contributed by atoms with Crippen LogP contribution in [0.25, 0.3) is 0 Å². The van der Waals surface area contributed by atoms with Gasteiger partial charge < -0.3 is 20.5 Å². The van der Waals surface area contributed by atoms with Crippen LogP contribution in [-0.4, -0.2) is 42.6 Å². The summed E-state index contributed by atoms with van der Waals surface area (Å²) in [6.07, 6.45) is -1.70. The smallest absolute Gasteiger partial charge is 0.426 e. The Morgan fingerprint density at radius 3 is 2.33 bits per heavy atom. The number of carbonyl (C=O) groups excluding carboxylic acids is 4. The molecule has 0 aliphatic carbocycles. The molecule has 0 heterocycles. The highest BCUT2D eigenvalue weighted by Gasteiger charge is 2.23. The summed E-state index contributed by atoms with van der Waals surface area (Å²) < 4.78 is 9.67. The fourth-order valence-electron chi connectivity index (χ4n) is 1.76. The number of rotatable bonds is 7. The van der Waals surface area contributed by atoms with Crippen molar-refractivity contribution in [3.63, 3.8) is 0 Å². The number of ether oxygens (including phenoxy) is 2. The minimum atomic E-state index is -1.13. The van der Waals surface area contributed by atoms with E-state index in [1.165, 1.54) is 13.8 Å². The minimum absolute atomic E-state index is 0. The number of carbonyl (C=O) groups is 4. The van der Waals surface area contributed by atoms with E-state index >= 15 is 0 Å². The lowest BCUT2D eigenvalue weighted by Gasteiger charge is -2.18. The second-order valence-corrected chi connectivity index (χ2v) is 5.29. The van der Waals surface area contributed by atoms with Gasteiger partial charge in [-0.05, 0) is 12.5 Å². The van der Waals surface area contributed by atoms with Gasteiger partial charge in [0.1, 0.15) is 18.8 Å². The van der Waals surface area contributed by atoms with Crippen molar-refractivity contribution in [2.24, 2.45) is 5.73 Å². The number of hydrazine groups is 1. The maximum atomic E-state index is 11.7. The molecule has 0 saturated heterocycles. The number of benzene rings is 1. The highest BCUT2D eigenvalue weighted by atomic mass is 35.5. The maximum absolute atomic E-state index is 11.7. The molecule has 27 heavy (non-hydrogen) atoms. The number of hydrogen-bond donors (Lipinski definition) is 4. The molecule has 0 saturated carbocycles. The van der Waals surface area contributed by atoms with Crippen molar-refractivity contribution in [2.45, 2.75) is 32.6 Å². The number of nitrogens with one attached hydrogen (secondary N) is 3. The van der Waals surface area contributed by atoms with Gasteiger partial charge in [-0.2, -0.15) is 0 Å². The molecule has 150 valence electrons. The lowest BCUT2D eigenvalue weighted by molar-refractivity contribution is -0.148. The van der Waals surface area contributed by atoms with Crippen molar-refractivity contribution in [1.82, 2.24) is 16.2 Å². The highest BCUT2D eigenvalue weighted by molar-refractivity contribution is 5.88. The van der Waals surface area contributed by atoms with E-state index in [0.717, 1.165) is 5.56 Å². The molecular weight excluding hydrogens is 380 g/mol. The van der Waals surface area contributed by atoms with Crippen molar-refractivity contribution in [1.29, 1.82) is 0 Å². The average molecular weight is 403 g/mol. The van der Waals surface area contributed by atoms with Gasteiger partial charge in [-0.1, -0.05) is 30.3 Å². The van der Waals surface area contributed by atoms with E-state index < -0.39 is 42.6 Å². The van der Waals surface area contributed by atoms with E-state index in [1.807, 2.05) is 11.5 Å². The zero-order valence-corrected chi connectivity index (χ0v) is 15.7. The Morgan fingerprint density at radius 2 is 1.74 bits per heavy atom. The normalized spacial score (nSPS) is 11.8. The molecule has 11 heteroatoms. The number of esters is 1. The monoisotopic (exact) mass is 402 g/mol. The molecule has 0 fully saturated rings. The fraction of sp³-hybridized carbons (Fsp3) is 0.375. The van der Waals surface area contributed by atoms with Crippen LogP contribution in [0.3, 0.4) is 0 Å². The summed E-state index contributed by atoms with van der Waals surface area (Å²) >= 11 is 0. The first-order chi connectivity index (χ1) is 12.3. The van der Waals surface area contributed by atoms with Crippen LogP contribution in [0.2, 0.25) is 0 Å². The highest BCUT2D eigenvalue weighted by Crippen LogP contribution is 2.00. The number of halogens is 1. The molecule has 1 rings (SSSR count). The Balaban J connectivity index is 0.00000676. The molecule has 0 aromatic heterocycles. The Bertz CT molecular complexity index is 643. The minimum Gasteiger partial charge on any atom is -0.461 e. The molecule has 10 nitrogen and oxygen atoms in total. The van der Waals surface area contributed by atoms with Crippen LogP contribution < -0.4 is 21.9 Å². The molecule has 0 bridgehead atoms. The summed E-state index contributed by atoms with van der Waals surface area (Å²) in [5, 5.41) is 2.26. The molecule has 0 aliphatic rings. The van der Waals surface area contributed by atoms with E-state index in [9.17, 15) is 19.2 Å². The van der Waals surface area contributed by atoms with Crippen molar-refractivity contribution >= 4 is 36.3 Å². The second kappa shape index (κ2) is 12.5. The van der Waals surface area contributed by atoms with Gasteiger partial charge in [0.25, 0.3) is 5.91 Å². The summed E-state index contributed by atoms with van der Waals surface area (Å²) in [7, 11) is 0. The van der Waals surface area contributed by atoms with E-state index in [2.05, 4.69) is 10.7 Å². The summed E-state index contributed by atoms with van der Waals surface area (Å²) in [6.45, 7) is 2.26. The van der Waals surface area contributed by atoms with Gasteiger partial charge in [0.05, 0.1) is 6.54 Å². The first kappa shape index (κ1) is 24.1. The van der Waals surface area contributed by atoms with Crippen LogP contribution in [0.5, 0.6) is 0 Å². The topological polar surface area (TPSA) is 149 Å². The summed E-state index contributed by atoms with van der Waals surface area (Å²) in [5.41, 5.74) is 10.5. The quantitative estimate of drug-likeness (QED) is 0.363. The molecule has 3 amide bonds. The number of hydrogen-bond acceptors (Lipinski definition) is 7. The van der Waals surface area contributed by atoms with Crippen molar-refractivity contribution < 1.29 is 28.7 Å². The standard InChI is InChI=1S/C16H22N4O6.ClH/c1-10(26-11(2)21)14(17)15(23)18-8-13(22)19-20-16(24)25-9-12-6-4-3-5-7-12;/h3-7,10,14H,8-9,17H2,1-2H3,(H,18,23)(H,19,22)(H,20,24);1H/t10-,14+;/m1./s1. The molecule has 0 radical (unpaired) electrons. The van der Waals surface area contributed by atoms with Crippen LogP contribution in [-0.2, 0) is 30.5 Å². The lowest BCUT2D eigenvalue weighted by atomic mass is 10.2. The van der Waals surface area contributed by atoms with E-state index in [-0.39, 0.29) is 19.0 Å². The van der Waals surface area contributed by atoms with Crippen LogP contribution in [0.1, 0.15) is 19.4 Å². The molecule has 1 aromatic carbocycles. The Morgan fingerprint density at radius 1 is 1.11 bits per heavy atom. The summed E-state index contributed by atoms with van der Waals surface area (Å²) in [6, 6.07) is 7.86. The van der Waals surface area contributed by atoms with E-state index in [1.54, 1.807) is 24.3 Å². The van der Waals surface area contributed by atoms with Gasteiger partial charge in [-0.15, -0.1) is 12.4 Å². The SMILES string of the molecule is CC(=O)O[C@H](C)[C@H](N)C(=O)NCC(=O)NNC(=O)OCc1ccccc1.Cl. The first-order valence-corrected chi connectivity index (χ1v) is 7.75. The average Bonchev–Trinajstić information content (AvgIpc) is 2.62. The van der Waals surface area contributed by atoms with Crippen LogP contribution in [0.15, 0.2) is 30.3 Å². The Hall–Kier alpha value is -2.85. The van der Waals surface area contributed by atoms with E-state index in [0.29, 0.717) is 0 Å². The zero-order valence-electron chi connectivity index (χ0n) is 14.9. The fourth-order valence-corrected chi connectivity index (χ4v) is 1.76. The molecule has 0 aliphatic heterocycles. The predicted octanol–water partition coefficient (Wildman–Crippen LogP) is -0.239. The lowest BCUT2D eigenvalue weighted by Crippen LogP contribution is -2.52. The third kappa shape index (κ3) is 10.0. The maximum Gasteiger partial charge on any atom is 0.426 e. The second-order valence-electron chi connectivity index (χ2n) is 5.29. The third-order valence-electron chi connectivity index (χ3n) is 3.10. The van der Waals surface area contributed by atoms with Gasteiger partial charge in [-0.3, -0.25) is 19.8 Å². The van der Waals surface area contributed by atoms with Gasteiger partial charge in [-0.25, -0.2) is 10.2 Å². The van der Waals surface area contributed by atoms with Crippen molar-refractivity contribution in [2.75, 3.05) is 6.54 Å². The van der Waals surface area contributed by atoms with Gasteiger partial charge in [0.2, 0.25) is 5.91 Å². The zero-order chi connectivity index (χ0) is 19.5. The van der Waals surface area contributed by atoms with Gasteiger partial charge in [0.15, 0.2) is 0 Å². The Labute approximate surface area is 162 Å². The molecule has 0 spiro atoms. The third-order valence-corrected chi connectivity index (χ3v) is 3.10. The molecular formula is C16H23ClN4O6. The van der Waals surface area contributed by atoms with Crippen LogP contribution >= 0.6 is 12.4 Å². The first-order valence-electron chi connectivity index (χ1n) is 7.75. The molecule has 5 N–H and O–H groups in total. The number of amides is 3. The molecule has 1 aromatic rings. The summed E-state index contributed by atoms with van der Waals surface area (Å²) in [5.74, 6) is -1.94.